The van der Waals surface area contributed by atoms with Gasteiger partial charge in [0.1, 0.15) is 0 Å². The molecule has 0 aliphatic carbocycles. The van der Waals surface area contributed by atoms with Gasteiger partial charge in [-0.05, 0) is 25.2 Å². The maximum atomic E-state index is 10.7. The third-order valence-corrected chi connectivity index (χ3v) is 3.74. The van der Waals surface area contributed by atoms with E-state index < -0.39 is 0 Å². The Morgan fingerprint density at radius 2 is 2.24 bits per heavy atom. The topological polar surface area (TPSA) is 55.2 Å². The predicted molar refractivity (Wildman–Crippen MR) is 73.9 cm³/mol. The van der Waals surface area contributed by atoms with Gasteiger partial charge in [0.05, 0.1) is 4.92 Å². The molecule has 0 aliphatic heterocycles. The Hall–Kier alpha value is -1.23. The summed E-state index contributed by atoms with van der Waals surface area (Å²) in [5.41, 5.74) is 2.02. The smallest absolute Gasteiger partial charge is 0.271 e. The first-order valence-electron chi connectivity index (χ1n) is 5.56. The molecule has 0 aliphatic rings. The van der Waals surface area contributed by atoms with Gasteiger partial charge in [-0.15, -0.1) is 0 Å². The summed E-state index contributed by atoms with van der Waals surface area (Å²) in [4.78, 5) is 10.3. The van der Waals surface area contributed by atoms with Crippen LogP contribution in [0.4, 0.5) is 11.4 Å². The summed E-state index contributed by atoms with van der Waals surface area (Å²) in [6.07, 6.45) is 3.13. The van der Waals surface area contributed by atoms with E-state index in [1.54, 1.807) is 12.1 Å². The lowest BCUT2D eigenvalue weighted by Crippen LogP contribution is -2.08. The number of nitro groups is 1. The average molecular weight is 254 g/mol. The number of anilines is 1. The summed E-state index contributed by atoms with van der Waals surface area (Å²) in [6, 6.07) is 4.91. The van der Waals surface area contributed by atoms with Crippen molar-refractivity contribution in [3.05, 3.63) is 33.9 Å². The molecule has 4 nitrogen and oxygen atoms in total. The second-order valence-electron chi connectivity index (χ2n) is 4.02. The Kier molecular flexibility index (Phi) is 5.28. The van der Waals surface area contributed by atoms with Crippen molar-refractivity contribution in [1.82, 2.24) is 0 Å². The number of hydrogen-bond acceptors (Lipinski definition) is 4. The van der Waals surface area contributed by atoms with Gasteiger partial charge in [-0.25, -0.2) is 0 Å². The molecule has 1 atom stereocenters. The van der Waals surface area contributed by atoms with Crippen molar-refractivity contribution in [2.24, 2.45) is 0 Å². The second kappa shape index (κ2) is 6.49. The fraction of sp³-hybridized carbons (Fsp3) is 0.500. The summed E-state index contributed by atoms with van der Waals surface area (Å²) in [6.45, 7) is 4.96. The van der Waals surface area contributed by atoms with Gasteiger partial charge >= 0.3 is 0 Å². The molecule has 0 aromatic heterocycles. The fourth-order valence-corrected chi connectivity index (χ4v) is 1.80. The zero-order valence-corrected chi connectivity index (χ0v) is 11.2. The molecule has 0 saturated heterocycles. The van der Waals surface area contributed by atoms with Gasteiger partial charge < -0.3 is 5.32 Å². The maximum Gasteiger partial charge on any atom is 0.271 e. The Morgan fingerprint density at radius 1 is 1.53 bits per heavy atom. The van der Waals surface area contributed by atoms with Crippen LogP contribution in [0.2, 0.25) is 0 Å². The van der Waals surface area contributed by atoms with Crippen LogP contribution < -0.4 is 5.32 Å². The van der Waals surface area contributed by atoms with E-state index in [1.807, 2.05) is 18.7 Å². The van der Waals surface area contributed by atoms with E-state index >= 15 is 0 Å². The van der Waals surface area contributed by atoms with Crippen LogP contribution in [-0.4, -0.2) is 23.0 Å². The summed E-state index contributed by atoms with van der Waals surface area (Å²) in [7, 11) is 0. The van der Waals surface area contributed by atoms with Gasteiger partial charge in [0, 0.05) is 29.6 Å². The fourth-order valence-electron chi connectivity index (χ4n) is 1.44. The molecule has 0 amide bonds. The number of aryl methyl sites for hydroxylation is 1. The normalized spacial score (nSPS) is 12.2. The Morgan fingerprint density at radius 3 is 2.82 bits per heavy atom. The summed E-state index contributed by atoms with van der Waals surface area (Å²) in [5, 5.41) is 14.5. The molecule has 5 heteroatoms. The molecule has 0 bridgehead atoms. The highest BCUT2D eigenvalue weighted by molar-refractivity contribution is 7.99. The zero-order valence-electron chi connectivity index (χ0n) is 10.4. The minimum atomic E-state index is -0.366. The zero-order chi connectivity index (χ0) is 12.8. The minimum Gasteiger partial charge on any atom is -0.385 e. The van der Waals surface area contributed by atoms with E-state index in [4.69, 9.17) is 0 Å². The third-order valence-electron chi connectivity index (χ3n) is 2.70. The van der Waals surface area contributed by atoms with Crippen LogP contribution in [0.15, 0.2) is 18.2 Å². The molecule has 1 rings (SSSR count). The molecule has 17 heavy (non-hydrogen) atoms. The first-order valence-corrected chi connectivity index (χ1v) is 6.85. The number of non-ortho nitro benzene ring substituents is 1. The van der Waals surface area contributed by atoms with E-state index in [0.717, 1.165) is 24.2 Å². The van der Waals surface area contributed by atoms with Crippen molar-refractivity contribution in [2.75, 3.05) is 18.1 Å². The number of thioether (sulfide) groups is 1. The van der Waals surface area contributed by atoms with Gasteiger partial charge in [-0.1, -0.05) is 13.0 Å². The molecule has 1 N–H and O–H groups in total. The number of rotatable bonds is 6. The van der Waals surface area contributed by atoms with Gasteiger partial charge in [0.25, 0.3) is 5.69 Å². The maximum absolute atomic E-state index is 10.7. The van der Waals surface area contributed by atoms with Crippen LogP contribution in [-0.2, 0) is 0 Å². The van der Waals surface area contributed by atoms with Crippen LogP contribution in [0.5, 0.6) is 0 Å². The molecule has 1 aromatic carbocycles. The second-order valence-corrected chi connectivity index (χ2v) is 5.29. The van der Waals surface area contributed by atoms with Crippen molar-refractivity contribution in [1.29, 1.82) is 0 Å². The molecule has 0 spiro atoms. The number of nitro benzene ring substituents is 1. The molecule has 0 radical (unpaired) electrons. The molecule has 0 fully saturated rings. The van der Waals surface area contributed by atoms with Crippen LogP contribution >= 0.6 is 11.8 Å². The van der Waals surface area contributed by atoms with Crippen LogP contribution in [0, 0.1) is 17.0 Å². The van der Waals surface area contributed by atoms with Crippen LogP contribution in [0.1, 0.15) is 18.9 Å². The van der Waals surface area contributed by atoms with E-state index in [0.29, 0.717) is 5.25 Å². The molecule has 1 aromatic rings. The summed E-state index contributed by atoms with van der Waals surface area (Å²) < 4.78 is 0. The van der Waals surface area contributed by atoms with Crippen LogP contribution in [0.25, 0.3) is 0 Å². The number of nitrogens with one attached hydrogen (secondary N) is 1. The molecular formula is C12H18N2O2S. The first-order chi connectivity index (χ1) is 8.04. The van der Waals surface area contributed by atoms with Gasteiger partial charge in [-0.2, -0.15) is 11.8 Å². The standard InChI is InChI=1S/C12H18N2O2S/c1-9-4-5-11(14(15)16)8-12(9)13-7-6-10(2)17-3/h4-5,8,10,13H,6-7H2,1-3H3. The predicted octanol–water partition coefficient (Wildman–Crippen LogP) is 3.46. The molecule has 0 saturated carbocycles. The highest BCUT2D eigenvalue weighted by Crippen LogP contribution is 2.22. The number of benzene rings is 1. The first kappa shape index (κ1) is 13.8. The lowest BCUT2D eigenvalue weighted by Gasteiger charge is -2.11. The van der Waals surface area contributed by atoms with Gasteiger partial charge in [0.15, 0.2) is 0 Å². The Balaban J connectivity index is 2.63. The SMILES string of the molecule is CSC(C)CCNc1cc([N+](=O)[O-])ccc1C. The lowest BCUT2D eigenvalue weighted by atomic mass is 10.1. The van der Waals surface area contributed by atoms with E-state index in [-0.39, 0.29) is 10.6 Å². The summed E-state index contributed by atoms with van der Waals surface area (Å²) >= 11 is 1.82. The van der Waals surface area contributed by atoms with E-state index in [1.165, 1.54) is 6.07 Å². The monoisotopic (exact) mass is 254 g/mol. The highest BCUT2D eigenvalue weighted by atomic mass is 32.2. The largest absolute Gasteiger partial charge is 0.385 e. The number of nitrogens with zero attached hydrogens (tertiary/aromatic N) is 1. The minimum absolute atomic E-state index is 0.135. The van der Waals surface area contributed by atoms with Gasteiger partial charge in [-0.3, -0.25) is 10.1 Å². The number of hydrogen-bond donors (Lipinski definition) is 1. The van der Waals surface area contributed by atoms with Crippen molar-refractivity contribution in [2.45, 2.75) is 25.5 Å². The van der Waals surface area contributed by atoms with Crippen molar-refractivity contribution < 1.29 is 4.92 Å². The lowest BCUT2D eigenvalue weighted by molar-refractivity contribution is -0.384. The molecule has 1 unspecified atom stereocenters. The highest BCUT2D eigenvalue weighted by Gasteiger charge is 2.08. The quantitative estimate of drug-likeness (QED) is 0.624. The van der Waals surface area contributed by atoms with Crippen molar-refractivity contribution >= 4 is 23.1 Å². The summed E-state index contributed by atoms with van der Waals surface area (Å²) in [5.74, 6) is 0. The molecule has 0 heterocycles. The average Bonchev–Trinajstić information content (AvgIpc) is 2.30. The Labute approximate surface area is 106 Å². The van der Waals surface area contributed by atoms with E-state index in [2.05, 4.69) is 18.5 Å². The van der Waals surface area contributed by atoms with Crippen LogP contribution in [0.3, 0.4) is 0 Å². The van der Waals surface area contributed by atoms with Crippen molar-refractivity contribution in [3.63, 3.8) is 0 Å². The third kappa shape index (κ3) is 4.26. The Bertz CT molecular complexity index is 396. The molecular weight excluding hydrogens is 236 g/mol. The van der Waals surface area contributed by atoms with E-state index in [9.17, 15) is 10.1 Å². The molecule has 94 valence electrons. The van der Waals surface area contributed by atoms with Crippen molar-refractivity contribution in [3.8, 4) is 0 Å². The van der Waals surface area contributed by atoms with Gasteiger partial charge in [0.2, 0.25) is 0 Å².